The van der Waals surface area contributed by atoms with E-state index in [4.69, 9.17) is 10.1 Å². The Labute approximate surface area is 117 Å². The number of likely N-dealkylation sites (tertiary alicyclic amines) is 1. The molecule has 0 unspecified atom stereocenters. The maximum absolute atomic E-state index is 4.85. The lowest BCUT2D eigenvalue weighted by molar-refractivity contribution is 0.293. The van der Waals surface area contributed by atoms with E-state index in [1.54, 1.807) is 0 Å². The fourth-order valence-electron chi connectivity index (χ4n) is 2.81. The van der Waals surface area contributed by atoms with Crippen LogP contribution in [0.15, 0.2) is 0 Å². The Bertz CT molecular complexity index is 397. The molecule has 2 heterocycles. The van der Waals surface area contributed by atoms with Gasteiger partial charge in [0.1, 0.15) is 5.82 Å². The molecule has 19 heavy (non-hydrogen) atoms. The molecule has 2 rings (SSSR count). The molecular weight excluding hydrogens is 236 g/mol. The van der Waals surface area contributed by atoms with Gasteiger partial charge in [-0.1, -0.05) is 27.2 Å². The summed E-state index contributed by atoms with van der Waals surface area (Å²) < 4.78 is 2.17. The Morgan fingerprint density at radius 2 is 2.16 bits per heavy atom. The summed E-state index contributed by atoms with van der Waals surface area (Å²) in [4.78, 5) is 7.27. The molecule has 1 aromatic heterocycles. The molecule has 1 aliphatic heterocycles. The van der Waals surface area contributed by atoms with Crippen molar-refractivity contribution in [1.82, 2.24) is 19.7 Å². The largest absolute Gasteiger partial charge is 0.297 e. The first-order chi connectivity index (χ1) is 9.11. The zero-order valence-corrected chi connectivity index (χ0v) is 12.9. The average Bonchev–Trinajstić information content (AvgIpc) is 2.92. The second-order valence-electron chi connectivity index (χ2n) is 6.20. The summed E-state index contributed by atoms with van der Waals surface area (Å²) in [5, 5.41) is 4.75. The molecule has 0 amide bonds. The maximum Gasteiger partial charge on any atom is 0.151 e. The van der Waals surface area contributed by atoms with Crippen molar-refractivity contribution >= 4 is 0 Å². The van der Waals surface area contributed by atoms with Gasteiger partial charge in [0.05, 0.1) is 6.04 Å². The molecule has 0 radical (unpaired) electrons. The molecule has 0 N–H and O–H groups in total. The van der Waals surface area contributed by atoms with Gasteiger partial charge in [0.15, 0.2) is 5.82 Å². The first-order valence-electron chi connectivity index (χ1n) is 7.75. The zero-order valence-electron chi connectivity index (χ0n) is 12.9. The van der Waals surface area contributed by atoms with Crippen LogP contribution in [0.5, 0.6) is 0 Å². The molecular formula is C15H28N4. The van der Waals surface area contributed by atoms with Gasteiger partial charge in [-0.25, -0.2) is 9.67 Å². The molecule has 0 aliphatic carbocycles. The second kappa shape index (κ2) is 6.51. The van der Waals surface area contributed by atoms with Crippen LogP contribution in [0.2, 0.25) is 0 Å². The van der Waals surface area contributed by atoms with Crippen LogP contribution in [-0.4, -0.2) is 33.3 Å². The van der Waals surface area contributed by atoms with Gasteiger partial charge < -0.3 is 0 Å². The number of aryl methyl sites for hydroxylation is 1. The van der Waals surface area contributed by atoms with Gasteiger partial charge in [0, 0.05) is 13.0 Å². The van der Waals surface area contributed by atoms with Crippen molar-refractivity contribution < 1.29 is 0 Å². The first kappa shape index (κ1) is 14.5. The molecule has 1 saturated heterocycles. The summed E-state index contributed by atoms with van der Waals surface area (Å²) in [5.41, 5.74) is 0. The van der Waals surface area contributed by atoms with E-state index < -0.39 is 0 Å². The highest BCUT2D eigenvalue weighted by Crippen LogP contribution is 2.29. The molecule has 0 aromatic carbocycles. The van der Waals surface area contributed by atoms with Crippen molar-refractivity contribution in [1.29, 1.82) is 0 Å². The molecule has 1 fully saturated rings. The lowest BCUT2D eigenvalue weighted by atomic mass is 10.1. The van der Waals surface area contributed by atoms with Crippen LogP contribution in [0.1, 0.15) is 64.1 Å². The predicted molar refractivity (Wildman–Crippen MR) is 78.1 cm³/mol. The van der Waals surface area contributed by atoms with Crippen LogP contribution in [0.25, 0.3) is 0 Å². The standard InChI is InChI=1S/C15H28N4/c1-5-6-10-19-15(13-8-7-9-18(13)4)16-14(17-19)11-12(2)3/h12-13H,5-11H2,1-4H3/t13-/m0/s1. The molecule has 4 nitrogen and oxygen atoms in total. The number of hydrogen-bond donors (Lipinski definition) is 0. The van der Waals surface area contributed by atoms with Gasteiger partial charge in [-0.05, 0) is 38.8 Å². The fraction of sp³-hybridized carbons (Fsp3) is 0.867. The van der Waals surface area contributed by atoms with Crippen molar-refractivity contribution in [3.63, 3.8) is 0 Å². The zero-order chi connectivity index (χ0) is 13.8. The number of hydrogen-bond acceptors (Lipinski definition) is 3. The van der Waals surface area contributed by atoms with Crippen molar-refractivity contribution in [2.24, 2.45) is 5.92 Å². The van der Waals surface area contributed by atoms with E-state index in [9.17, 15) is 0 Å². The van der Waals surface area contributed by atoms with Gasteiger partial charge in [0.25, 0.3) is 0 Å². The SMILES string of the molecule is CCCCn1nc(CC(C)C)nc1[C@@H]1CCCN1C. The van der Waals surface area contributed by atoms with Gasteiger partial charge in [-0.3, -0.25) is 4.90 Å². The van der Waals surface area contributed by atoms with Gasteiger partial charge in [-0.2, -0.15) is 5.10 Å². The minimum atomic E-state index is 0.477. The summed E-state index contributed by atoms with van der Waals surface area (Å²) in [6.45, 7) is 8.89. The summed E-state index contributed by atoms with van der Waals surface area (Å²) in [6, 6.07) is 0.477. The first-order valence-corrected chi connectivity index (χ1v) is 7.75. The summed E-state index contributed by atoms with van der Waals surface area (Å²) in [5.74, 6) is 2.85. The third-order valence-corrected chi connectivity index (χ3v) is 3.88. The highest BCUT2D eigenvalue weighted by Gasteiger charge is 2.28. The molecule has 0 bridgehead atoms. The smallest absolute Gasteiger partial charge is 0.151 e. The van der Waals surface area contributed by atoms with Crippen LogP contribution >= 0.6 is 0 Å². The second-order valence-corrected chi connectivity index (χ2v) is 6.20. The third kappa shape index (κ3) is 3.56. The molecule has 0 saturated carbocycles. The predicted octanol–water partition coefficient (Wildman–Crippen LogP) is 3.04. The number of unbranched alkanes of at least 4 members (excludes halogenated alkanes) is 1. The van der Waals surface area contributed by atoms with Gasteiger partial charge >= 0.3 is 0 Å². The lowest BCUT2D eigenvalue weighted by Gasteiger charge is -2.19. The Balaban J connectivity index is 2.20. The van der Waals surface area contributed by atoms with Crippen LogP contribution in [0.4, 0.5) is 0 Å². The Hall–Kier alpha value is -0.900. The number of nitrogens with zero attached hydrogens (tertiary/aromatic N) is 4. The fourth-order valence-corrected chi connectivity index (χ4v) is 2.81. The van der Waals surface area contributed by atoms with E-state index in [0.717, 1.165) is 18.8 Å². The van der Waals surface area contributed by atoms with Crippen molar-refractivity contribution in [2.45, 2.75) is 65.5 Å². The minimum Gasteiger partial charge on any atom is -0.297 e. The third-order valence-electron chi connectivity index (χ3n) is 3.88. The maximum atomic E-state index is 4.85. The van der Waals surface area contributed by atoms with Crippen LogP contribution < -0.4 is 0 Å². The normalized spacial score (nSPS) is 20.6. The monoisotopic (exact) mass is 264 g/mol. The Morgan fingerprint density at radius 1 is 1.37 bits per heavy atom. The highest BCUT2D eigenvalue weighted by molar-refractivity contribution is 5.02. The van der Waals surface area contributed by atoms with E-state index in [2.05, 4.69) is 37.4 Å². The van der Waals surface area contributed by atoms with Gasteiger partial charge in [-0.15, -0.1) is 0 Å². The van der Waals surface area contributed by atoms with Crippen LogP contribution in [-0.2, 0) is 13.0 Å². The average molecular weight is 264 g/mol. The van der Waals surface area contributed by atoms with Gasteiger partial charge in [0.2, 0.25) is 0 Å². The number of rotatable bonds is 6. The van der Waals surface area contributed by atoms with Crippen LogP contribution in [0, 0.1) is 5.92 Å². The highest BCUT2D eigenvalue weighted by atomic mass is 15.4. The summed E-state index contributed by atoms with van der Waals surface area (Å²) >= 11 is 0. The topological polar surface area (TPSA) is 34.0 Å². The van der Waals surface area contributed by atoms with Crippen molar-refractivity contribution in [3.8, 4) is 0 Å². The molecule has 0 spiro atoms. The van der Waals surface area contributed by atoms with Crippen molar-refractivity contribution in [2.75, 3.05) is 13.6 Å². The van der Waals surface area contributed by atoms with E-state index >= 15 is 0 Å². The van der Waals surface area contributed by atoms with E-state index in [1.807, 2.05) is 0 Å². The summed E-state index contributed by atoms with van der Waals surface area (Å²) in [6.07, 6.45) is 5.89. The quantitative estimate of drug-likeness (QED) is 0.792. The summed E-state index contributed by atoms with van der Waals surface area (Å²) in [7, 11) is 2.21. The molecule has 1 aromatic rings. The number of aromatic nitrogens is 3. The molecule has 1 atom stereocenters. The molecule has 108 valence electrons. The van der Waals surface area contributed by atoms with E-state index in [1.165, 1.54) is 38.1 Å². The molecule has 4 heteroatoms. The van der Waals surface area contributed by atoms with E-state index in [-0.39, 0.29) is 0 Å². The Morgan fingerprint density at radius 3 is 2.74 bits per heavy atom. The minimum absolute atomic E-state index is 0.477. The van der Waals surface area contributed by atoms with Crippen molar-refractivity contribution in [3.05, 3.63) is 11.6 Å². The lowest BCUT2D eigenvalue weighted by Crippen LogP contribution is -2.21. The van der Waals surface area contributed by atoms with Crippen LogP contribution in [0.3, 0.4) is 0 Å². The Kier molecular flexibility index (Phi) is 4.97. The van der Waals surface area contributed by atoms with E-state index in [0.29, 0.717) is 12.0 Å². The molecule has 1 aliphatic rings.